The molecule has 24 heavy (non-hydrogen) atoms. The smallest absolute Gasteiger partial charge is 0.0898 e. The predicted octanol–water partition coefficient (Wildman–Crippen LogP) is 4.14. The Labute approximate surface area is 148 Å². The van der Waals surface area contributed by atoms with Crippen molar-refractivity contribution in [2.24, 2.45) is 23.2 Å². The van der Waals surface area contributed by atoms with E-state index in [2.05, 4.69) is 39.9 Å². The minimum atomic E-state index is -0.405. The second-order valence-electron chi connectivity index (χ2n) is 11.1. The van der Waals surface area contributed by atoms with E-state index in [1.165, 1.54) is 38.5 Å². The molecule has 0 radical (unpaired) electrons. The second-order valence-corrected chi connectivity index (χ2v) is 11.1. The number of aliphatic hydroxyl groups excluding tert-OH is 1. The van der Waals surface area contributed by atoms with Gasteiger partial charge in [0.05, 0.1) is 18.3 Å². The van der Waals surface area contributed by atoms with Gasteiger partial charge in [0.25, 0.3) is 0 Å². The van der Waals surface area contributed by atoms with Crippen molar-refractivity contribution in [1.82, 2.24) is 5.32 Å². The van der Waals surface area contributed by atoms with Crippen molar-refractivity contribution >= 4 is 0 Å². The first-order valence-corrected chi connectivity index (χ1v) is 10.1. The molecule has 0 aliphatic heterocycles. The molecule has 3 heteroatoms. The molecule has 140 valence electrons. The Morgan fingerprint density at radius 2 is 1.50 bits per heavy atom. The van der Waals surface area contributed by atoms with Crippen molar-refractivity contribution in [2.45, 2.75) is 96.8 Å². The number of β-amino-alcohol motifs (C(OH)–C–C–N with tert-alkyl or cyclic N) is 1. The quantitative estimate of drug-likeness (QED) is 0.734. The lowest BCUT2D eigenvalue weighted by Gasteiger charge is -2.56. The molecule has 3 nitrogen and oxygen atoms in total. The average Bonchev–Trinajstić information content (AvgIpc) is 2.39. The van der Waals surface area contributed by atoms with Gasteiger partial charge in [-0.25, -0.2) is 0 Å². The summed E-state index contributed by atoms with van der Waals surface area (Å²) in [5.41, 5.74) is 0.438. The number of hydrogen-bond donors (Lipinski definition) is 2. The van der Waals surface area contributed by atoms with E-state index in [0.717, 1.165) is 24.2 Å². The van der Waals surface area contributed by atoms with E-state index in [4.69, 9.17) is 4.74 Å². The van der Waals surface area contributed by atoms with E-state index in [1.54, 1.807) is 0 Å². The average molecular weight is 338 g/mol. The standard InChI is InChI=1S/C21H39NO2/c1-19(2,3)14-20(4,5)22-12-18(23)13-24-21-9-15-6-16(10-21)8-17(7-15)11-21/h15-18,22-23H,6-14H2,1-5H3. The van der Waals surface area contributed by atoms with Crippen molar-refractivity contribution in [2.75, 3.05) is 13.2 Å². The molecule has 0 spiro atoms. The zero-order valence-corrected chi connectivity index (χ0v) is 16.5. The van der Waals surface area contributed by atoms with E-state index in [0.29, 0.717) is 13.2 Å². The fraction of sp³-hybridized carbons (Fsp3) is 1.00. The first kappa shape index (κ1) is 18.7. The number of hydrogen-bond acceptors (Lipinski definition) is 3. The van der Waals surface area contributed by atoms with Crippen LogP contribution < -0.4 is 5.32 Å². The van der Waals surface area contributed by atoms with Crippen LogP contribution in [0.25, 0.3) is 0 Å². The van der Waals surface area contributed by atoms with E-state index in [-0.39, 0.29) is 16.6 Å². The van der Waals surface area contributed by atoms with Crippen molar-refractivity contribution in [3.05, 3.63) is 0 Å². The topological polar surface area (TPSA) is 41.5 Å². The number of rotatable bonds is 7. The summed E-state index contributed by atoms with van der Waals surface area (Å²) in [5.74, 6) is 2.70. The fourth-order valence-electron chi connectivity index (χ4n) is 6.32. The van der Waals surface area contributed by atoms with Crippen molar-refractivity contribution in [3.63, 3.8) is 0 Å². The number of aliphatic hydroxyl groups is 1. The Balaban J connectivity index is 1.44. The highest BCUT2D eigenvalue weighted by Gasteiger charge is 2.51. The van der Waals surface area contributed by atoms with Crippen LogP contribution in [0.5, 0.6) is 0 Å². The van der Waals surface area contributed by atoms with Gasteiger partial charge in [-0.15, -0.1) is 0 Å². The maximum Gasteiger partial charge on any atom is 0.0898 e. The van der Waals surface area contributed by atoms with Crippen LogP contribution in [0.4, 0.5) is 0 Å². The molecular weight excluding hydrogens is 298 g/mol. The first-order chi connectivity index (χ1) is 11.0. The SMILES string of the molecule is CC(C)(C)CC(C)(C)NCC(O)COC12CC3CC(CC(C3)C1)C2. The first-order valence-electron chi connectivity index (χ1n) is 10.1. The molecule has 4 rings (SSSR count). The van der Waals surface area contributed by atoms with Gasteiger partial charge < -0.3 is 15.2 Å². The van der Waals surface area contributed by atoms with Crippen LogP contribution in [0.1, 0.15) is 79.6 Å². The lowest BCUT2D eigenvalue weighted by Crippen LogP contribution is -2.53. The molecule has 0 aromatic carbocycles. The summed E-state index contributed by atoms with van der Waals surface area (Å²) in [5, 5.41) is 14.0. The molecule has 0 aromatic heterocycles. The molecule has 2 N–H and O–H groups in total. The Hall–Kier alpha value is -0.120. The Kier molecular flexibility index (Phi) is 5.10. The van der Waals surface area contributed by atoms with Gasteiger partial charge in [0.1, 0.15) is 0 Å². The van der Waals surface area contributed by atoms with E-state index >= 15 is 0 Å². The van der Waals surface area contributed by atoms with Gasteiger partial charge >= 0.3 is 0 Å². The van der Waals surface area contributed by atoms with Gasteiger partial charge in [-0.1, -0.05) is 20.8 Å². The maximum absolute atomic E-state index is 10.4. The van der Waals surface area contributed by atoms with Gasteiger partial charge in [0, 0.05) is 12.1 Å². The van der Waals surface area contributed by atoms with Crippen LogP contribution >= 0.6 is 0 Å². The Morgan fingerprint density at radius 1 is 1.00 bits per heavy atom. The zero-order valence-electron chi connectivity index (χ0n) is 16.5. The lowest BCUT2D eigenvalue weighted by molar-refractivity contribution is -0.174. The number of ether oxygens (including phenoxy) is 1. The molecule has 4 saturated carbocycles. The summed E-state index contributed by atoms with van der Waals surface area (Å²) in [4.78, 5) is 0. The summed E-state index contributed by atoms with van der Waals surface area (Å²) >= 11 is 0. The minimum absolute atomic E-state index is 0.0416. The second kappa shape index (κ2) is 6.55. The van der Waals surface area contributed by atoms with Gasteiger partial charge in [-0.05, 0) is 82.0 Å². The zero-order chi connectivity index (χ0) is 17.6. The lowest BCUT2D eigenvalue weighted by atomic mass is 9.54. The molecule has 1 atom stereocenters. The largest absolute Gasteiger partial charge is 0.389 e. The summed E-state index contributed by atoms with van der Waals surface area (Å²) in [6, 6.07) is 0. The highest BCUT2D eigenvalue weighted by molar-refractivity contribution is 5.03. The maximum atomic E-state index is 10.4. The van der Waals surface area contributed by atoms with E-state index in [1.807, 2.05) is 0 Å². The van der Waals surface area contributed by atoms with E-state index < -0.39 is 6.10 Å². The molecule has 4 aliphatic carbocycles. The van der Waals surface area contributed by atoms with Crippen LogP contribution in [0.15, 0.2) is 0 Å². The van der Waals surface area contributed by atoms with Crippen LogP contribution in [0, 0.1) is 23.2 Å². The number of nitrogens with one attached hydrogen (secondary N) is 1. The van der Waals surface area contributed by atoms with Crippen LogP contribution in [-0.4, -0.2) is 35.5 Å². The third-order valence-corrected chi connectivity index (χ3v) is 6.35. The molecular formula is C21H39NO2. The van der Waals surface area contributed by atoms with Crippen LogP contribution in [0.3, 0.4) is 0 Å². The van der Waals surface area contributed by atoms with Crippen LogP contribution in [0.2, 0.25) is 0 Å². The monoisotopic (exact) mass is 337 g/mol. The molecule has 4 fully saturated rings. The van der Waals surface area contributed by atoms with Gasteiger partial charge in [0.2, 0.25) is 0 Å². The Bertz CT molecular complexity index is 402. The molecule has 1 unspecified atom stereocenters. The molecule has 4 aliphatic rings. The highest BCUT2D eigenvalue weighted by atomic mass is 16.5. The third-order valence-electron chi connectivity index (χ3n) is 6.35. The molecule has 0 heterocycles. The fourth-order valence-corrected chi connectivity index (χ4v) is 6.32. The van der Waals surface area contributed by atoms with Gasteiger partial charge in [-0.3, -0.25) is 0 Å². The normalized spacial score (nSPS) is 37.0. The van der Waals surface area contributed by atoms with E-state index in [9.17, 15) is 5.11 Å². The molecule has 0 saturated heterocycles. The van der Waals surface area contributed by atoms with Crippen molar-refractivity contribution < 1.29 is 9.84 Å². The summed E-state index contributed by atoms with van der Waals surface area (Å²) in [7, 11) is 0. The van der Waals surface area contributed by atoms with Crippen molar-refractivity contribution in [1.29, 1.82) is 0 Å². The summed E-state index contributed by atoms with van der Waals surface area (Å²) in [6.45, 7) is 12.4. The van der Waals surface area contributed by atoms with Gasteiger partial charge in [-0.2, -0.15) is 0 Å². The van der Waals surface area contributed by atoms with Crippen LogP contribution in [-0.2, 0) is 4.74 Å². The summed E-state index contributed by atoms with van der Waals surface area (Å²) < 4.78 is 6.38. The molecule has 0 aromatic rings. The predicted molar refractivity (Wildman–Crippen MR) is 99.0 cm³/mol. The molecule has 0 amide bonds. The molecule has 4 bridgehead atoms. The summed E-state index contributed by atoms with van der Waals surface area (Å²) in [6.07, 6.45) is 8.73. The van der Waals surface area contributed by atoms with Crippen molar-refractivity contribution in [3.8, 4) is 0 Å². The Morgan fingerprint density at radius 3 is 1.96 bits per heavy atom. The highest BCUT2D eigenvalue weighted by Crippen LogP contribution is 2.57. The van der Waals surface area contributed by atoms with Gasteiger partial charge in [0.15, 0.2) is 0 Å². The third kappa shape index (κ3) is 4.74. The minimum Gasteiger partial charge on any atom is -0.389 e.